The predicted molar refractivity (Wildman–Crippen MR) is 75.9 cm³/mol. The van der Waals surface area contributed by atoms with Crippen LogP contribution in [0.5, 0.6) is 0 Å². The molecular formula is C17H17NO2. The van der Waals surface area contributed by atoms with Crippen LogP contribution in [0.15, 0.2) is 36.4 Å². The monoisotopic (exact) mass is 267 g/mol. The SMILES string of the molecule is O=C(O)c1cc2c([nH]1)C1C(C2)[C@H]1CCc1ccccc1. The smallest absolute Gasteiger partial charge is 0.352 e. The van der Waals surface area contributed by atoms with Gasteiger partial charge in [-0.2, -0.15) is 0 Å². The molecule has 0 aliphatic heterocycles. The van der Waals surface area contributed by atoms with Crippen LogP contribution in [0.2, 0.25) is 0 Å². The van der Waals surface area contributed by atoms with Crippen molar-refractivity contribution in [1.29, 1.82) is 0 Å². The molecule has 3 heteroatoms. The standard InChI is InChI=1S/C17H17NO2/c19-17(20)14-9-11-8-13-12(15(13)16(11)18-14)7-6-10-4-2-1-3-5-10/h1-5,9,12-13,15,18H,6-8H2,(H,19,20)/t12-,13?,15?/m1/s1. The fourth-order valence-electron chi connectivity index (χ4n) is 3.87. The first-order chi connectivity index (χ1) is 9.74. The van der Waals surface area contributed by atoms with Crippen molar-refractivity contribution < 1.29 is 9.90 Å². The largest absolute Gasteiger partial charge is 0.477 e. The van der Waals surface area contributed by atoms with Gasteiger partial charge in [0, 0.05) is 11.6 Å². The van der Waals surface area contributed by atoms with Crippen LogP contribution in [0, 0.1) is 11.8 Å². The van der Waals surface area contributed by atoms with Crippen LogP contribution >= 0.6 is 0 Å². The summed E-state index contributed by atoms with van der Waals surface area (Å²) < 4.78 is 0. The molecule has 0 bridgehead atoms. The summed E-state index contributed by atoms with van der Waals surface area (Å²) in [7, 11) is 0. The molecule has 0 radical (unpaired) electrons. The molecule has 1 aromatic carbocycles. The number of fused-ring (bicyclic) bond motifs is 3. The summed E-state index contributed by atoms with van der Waals surface area (Å²) in [6.07, 6.45) is 3.39. The van der Waals surface area contributed by atoms with E-state index in [9.17, 15) is 4.79 Å². The van der Waals surface area contributed by atoms with Gasteiger partial charge >= 0.3 is 5.97 Å². The molecular weight excluding hydrogens is 250 g/mol. The number of rotatable bonds is 4. The van der Waals surface area contributed by atoms with E-state index in [1.165, 1.54) is 23.2 Å². The first-order valence-electron chi connectivity index (χ1n) is 7.23. The molecule has 102 valence electrons. The molecule has 2 aromatic rings. The molecule has 1 heterocycles. The summed E-state index contributed by atoms with van der Waals surface area (Å²) >= 11 is 0. The van der Waals surface area contributed by atoms with Crippen LogP contribution in [0.3, 0.4) is 0 Å². The summed E-state index contributed by atoms with van der Waals surface area (Å²) in [5.74, 6) is 1.23. The van der Waals surface area contributed by atoms with Gasteiger partial charge in [-0.3, -0.25) is 0 Å². The van der Waals surface area contributed by atoms with Gasteiger partial charge in [0.15, 0.2) is 0 Å². The third kappa shape index (κ3) is 1.77. The highest BCUT2D eigenvalue weighted by molar-refractivity contribution is 5.86. The molecule has 1 saturated carbocycles. The highest BCUT2D eigenvalue weighted by atomic mass is 16.4. The molecule has 1 aromatic heterocycles. The molecule has 1 fully saturated rings. The Morgan fingerprint density at radius 3 is 2.85 bits per heavy atom. The second-order valence-corrected chi connectivity index (χ2v) is 6.01. The zero-order valence-electron chi connectivity index (χ0n) is 11.2. The van der Waals surface area contributed by atoms with Crippen LogP contribution in [0.4, 0.5) is 0 Å². The van der Waals surface area contributed by atoms with E-state index >= 15 is 0 Å². The van der Waals surface area contributed by atoms with Crippen molar-refractivity contribution in [3.63, 3.8) is 0 Å². The highest BCUT2D eigenvalue weighted by Gasteiger charge is 2.55. The van der Waals surface area contributed by atoms with Gasteiger partial charge < -0.3 is 10.1 Å². The Kier molecular flexibility index (Phi) is 2.49. The first kappa shape index (κ1) is 11.8. The number of nitrogens with one attached hydrogen (secondary N) is 1. The van der Waals surface area contributed by atoms with E-state index in [0.29, 0.717) is 11.6 Å². The Labute approximate surface area is 117 Å². The molecule has 3 nitrogen and oxygen atoms in total. The second kappa shape index (κ2) is 4.23. The van der Waals surface area contributed by atoms with Crippen LogP contribution < -0.4 is 0 Å². The van der Waals surface area contributed by atoms with Gasteiger partial charge in [-0.15, -0.1) is 0 Å². The predicted octanol–water partition coefficient (Wildman–Crippen LogP) is 3.23. The summed E-state index contributed by atoms with van der Waals surface area (Å²) in [5, 5.41) is 9.03. The lowest BCUT2D eigenvalue weighted by atomic mass is 10.0. The third-order valence-corrected chi connectivity index (χ3v) is 4.89. The number of carboxylic acid groups (broad SMARTS) is 1. The number of hydrogen-bond donors (Lipinski definition) is 2. The summed E-state index contributed by atoms with van der Waals surface area (Å²) in [6, 6.07) is 12.4. The minimum Gasteiger partial charge on any atom is -0.477 e. The normalized spacial score (nSPS) is 26.1. The number of aryl methyl sites for hydroxylation is 1. The van der Waals surface area contributed by atoms with E-state index in [0.717, 1.165) is 24.7 Å². The van der Waals surface area contributed by atoms with Crippen LogP contribution in [0.1, 0.15) is 39.6 Å². The van der Waals surface area contributed by atoms with Crippen molar-refractivity contribution in [2.24, 2.45) is 11.8 Å². The van der Waals surface area contributed by atoms with Crippen molar-refractivity contribution in [2.45, 2.75) is 25.2 Å². The highest BCUT2D eigenvalue weighted by Crippen LogP contribution is 2.62. The molecule has 2 aliphatic rings. The van der Waals surface area contributed by atoms with Gasteiger partial charge in [0.05, 0.1) is 0 Å². The van der Waals surface area contributed by atoms with E-state index in [1.807, 2.05) is 12.1 Å². The Hall–Kier alpha value is -2.03. The van der Waals surface area contributed by atoms with E-state index in [1.54, 1.807) is 0 Å². The molecule has 2 unspecified atom stereocenters. The van der Waals surface area contributed by atoms with Gasteiger partial charge in [-0.05, 0) is 48.3 Å². The van der Waals surface area contributed by atoms with Crippen molar-refractivity contribution in [1.82, 2.24) is 4.98 Å². The van der Waals surface area contributed by atoms with Crippen LogP contribution in [-0.2, 0) is 12.8 Å². The average Bonchev–Trinajstić information content (AvgIpc) is 2.81. The Balaban J connectivity index is 1.44. The Morgan fingerprint density at radius 2 is 2.10 bits per heavy atom. The molecule has 0 amide bonds. The fourth-order valence-corrected chi connectivity index (χ4v) is 3.87. The number of hydrogen-bond acceptors (Lipinski definition) is 1. The number of benzene rings is 1. The number of aromatic carboxylic acids is 1. The van der Waals surface area contributed by atoms with Crippen molar-refractivity contribution in [3.05, 3.63) is 58.9 Å². The van der Waals surface area contributed by atoms with Gasteiger partial charge in [-0.25, -0.2) is 4.79 Å². The van der Waals surface area contributed by atoms with Crippen molar-refractivity contribution in [3.8, 4) is 0 Å². The van der Waals surface area contributed by atoms with E-state index in [4.69, 9.17) is 5.11 Å². The Morgan fingerprint density at radius 1 is 1.30 bits per heavy atom. The van der Waals surface area contributed by atoms with Gasteiger partial charge in [0.2, 0.25) is 0 Å². The quantitative estimate of drug-likeness (QED) is 0.893. The maximum Gasteiger partial charge on any atom is 0.352 e. The summed E-state index contributed by atoms with van der Waals surface area (Å²) in [4.78, 5) is 14.1. The van der Waals surface area contributed by atoms with Gasteiger partial charge in [0.1, 0.15) is 5.69 Å². The van der Waals surface area contributed by atoms with E-state index < -0.39 is 5.97 Å². The van der Waals surface area contributed by atoms with E-state index in [2.05, 4.69) is 29.2 Å². The lowest BCUT2D eigenvalue weighted by Crippen LogP contribution is -1.96. The Bertz CT molecular complexity index is 659. The summed E-state index contributed by atoms with van der Waals surface area (Å²) in [6.45, 7) is 0. The lowest BCUT2D eigenvalue weighted by Gasteiger charge is -2.04. The molecule has 2 N–H and O–H groups in total. The third-order valence-electron chi connectivity index (χ3n) is 4.89. The van der Waals surface area contributed by atoms with Gasteiger partial charge in [-0.1, -0.05) is 30.3 Å². The zero-order chi connectivity index (χ0) is 13.7. The van der Waals surface area contributed by atoms with Crippen LogP contribution in [-0.4, -0.2) is 16.1 Å². The molecule has 20 heavy (non-hydrogen) atoms. The number of aromatic nitrogens is 1. The fraction of sp³-hybridized carbons (Fsp3) is 0.353. The van der Waals surface area contributed by atoms with Gasteiger partial charge in [0.25, 0.3) is 0 Å². The number of carboxylic acids is 1. The average molecular weight is 267 g/mol. The maximum atomic E-state index is 11.0. The molecule has 0 saturated heterocycles. The van der Waals surface area contributed by atoms with Crippen molar-refractivity contribution >= 4 is 5.97 Å². The van der Waals surface area contributed by atoms with Crippen LogP contribution in [0.25, 0.3) is 0 Å². The first-order valence-corrected chi connectivity index (χ1v) is 7.23. The number of aromatic amines is 1. The summed E-state index contributed by atoms with van der Waals surface area (Å²) in [5.41, 5.74) is 4.18. The molecule has 4 rings (SSSR count). The molecule has 3 atom stereocenters. The van der Waals surface area contributed by atoms with Crippen molar-refractivity contribution in [2.75, 3.05) is 0 Å². The topological polar surface area (TPSA) is 53.1 Å². The minimum atomic E-state index is -0.850. The lowest BCUT2D eigenvalue weighted by molar-refractivity contribution is 0.0691. The maximum absolute atomic E-state index is 11.0. The molecule has 2 aliphatic carbocycles. The zero-order valence-corrected chi connectivity index (χ0v) is 11.2. The second-order valence-electron chi connectivity index (χ2n) is 6.01. The number of H-pyrrole nitrogens is 1. The molecule has 0 spiro atoms. The van der Waals surface area contributed by atoms with E-state index in [-0.39, 0.29) is 0 Å². The number of carbonyl (C=O) groups is 1. The minimum absolute atomic E-state index is 0.349.